The lowest BCUT2D eigenvalue weighted by molar-refractivity contribution is -0.153. The van der Waals surface area contributed by atoms with Crippen molar-refractivity contribution in [3.63, 3.8) is 0 Å². The molecule has 0 radical (unpaired) electrons. The third kappa shape index (κ3) is 2.77. The monoisotopic (exact) mass is 540 g/mol. The van der Waals surface area contributed by atoms with E-state index < -0.39 is 58.0 Å². The third-order valence-corrected chi connectivity index (χ3v) is 7.56. The van der Waals surface area contributed by atoms with Crippen molar-refractivity contribution >= 4 is 45.8 Å². The number of hydrogen-bond acceptors (Lipinski definition) is 8. The van der Waals surface area contributed by atoms with Crippen LogP contribution in [0.4, 0.5) is 0 Å². The second kappa shape index (κ2) is 7.04. The van der Waals surface area contributed by atoms with E-state index in [-0.39, 0.29) is 23.3 Å². The van der Waals surface area contributed by atoms with Gasteiger partial charge in [-0.25, -0.2) is 0 Å². The molecular formula is C21H21IN2O7. The largest absolute Gasteiger partial charge is 0.508 e. The first-order chi connectivity index (χ1) is 14.4. The van der Waals surface area contributed by atoms with E-state index >= 15 is 0 Å². The average molecular weight is 540 g/mol. The molecule has 10 heteroatoms. The number of carbonyl (C=O) groups is 3. The summed E-state index contributed by atoms with van der Waals surface area (Å²) in [6.07, 6.45) is 0.374. The number of ketones is 2. The summed E-state index contributed by atoms with van der Waals surface area (Å²) in [5.41, 5.74) is 2.46. The zero-order valence-electron chi connectivity index (χ0n) is 16.7. The summed E-state index contributed by atoms with van der Waals surface area (Å²) in [4.78, 5) is 39.9. The number of phenols is 1. The van der Waals surface area contributed by atoms with Crippen LogP contribution in [0.2, 0.25) is 0 Å². The van der Waals surface area contributed by atoms with Gasteiger partial charge in [-0.2, -0.15) is 0 Å². The highest BCUT2D eigenvalue weighted by molar-refractivity contribution is 14.1. The third-order valence-electron chi connectivity index (χ3n) is 6.55. The zero-order valence-corrected chi connectivity index (χ0v) is 18.9. The van der Waals surface area contributed by atoms with Gasteiger partial charge in [-0.1, -0.05) is 0 Å². The van der Waals surface area contributed by atoms with Gasteiger partial charge < -0.3 is 26.2 Å². The van der Waals surface area contributed by atoms with Crippen LogP contribution in [0, 0.1) is 15.4 Å². The van der Waals surface area contributed by atoms with Crippen LogP contribution in [0.15, 0.2) is 29.0 Å². The molecular weight excluding hydrogens is 519 g/mol. The second-order valence-corrected chi connectivity index (χ2v) is 9.54. The maximum atomic E-state index is 13.6. The van der Waals surface area contributed by atoms with Crippen LogP contribution in [0.5, 0.6) is 5.75 Å². The fourth-order valence-electron chi connectivity index (χ4n) is 5.21. The molecule has 1 fully saturated rings. The van der Waals surface area contributed by atoms with Crippen LogP contribution < -0.4 is 5.73 Å². The van der Waals surface area contributed by atoms with E-state index in [1.54, 1.807) is 20.2 Å². The Balaban J connectivity index is 1.99. The predicted molar refractivity (Wildman–Crippen MR) is 117 cm³/mol. The lowest BCUT2D eigenvalue weighted by Crippen LogP contribution is -2.65. The van der Waals surface area contributed by atoms with Crippen LogP contribution in [-0.4, -0.2) is 68.5 Å². The summed E-state index contributed by atoms with van der Waals surface area (Å²) in [7, 11) is 3.13. The summed E-state index contributed by atoms with van der Waals surface area (Å²) in [5, 5.41) is 43.4. The van der Waals surface area contributed by atoms with Gasteiger partial charge in [0.05, 0.1) is 11.6 Å². The molecule has 0 bridgehead atoms. The Hall–Kier alpha value is -2.44. The van der Waals surface area contributed by atoms with Crippen LogP contribution in [0.25, 0.3) is 5.76 Å². The molecule has 9 nitrogen and oxygen atoms in total. The van der Waals surface area contributed by atoms with Crippen molar-refractivity contribution in [1.82, 2.24) is 4.90 Å². The number of aliphatic hydroxyl groups excluding tert-OH is 2. The number of likely N-dealkylation sites (N-methyl/N-ethyl adjacent to an activating group) is 1. The first kappa shape index (κ1) is 21.8. The van der Waals surface area contributed by atoms with Gasteiger partial charge in [0.25, 0.3) is 5.91 Å². The van der Waals surface area contributed by atoms with Crippen LogP contribution in [-0.2, 0) is 20.8 Å². The summed E-state index contributed by atoms with van der Waals surface area (Å²) in [6, 6.07) is 2.00. The van der Waals surface area contributed by atoms with Gasteiger partial charge in [-0.3, -0.25) is 19.3 Å². The summed E-state index contributed by atoms with van der Waals surface area (Å²) < 4.78 is 0.784. The number of amides is 1. The molecule has 0 saturated heterocycles. The molecule has 6 N–H and O–H groups in total. The number of benzene rings is 1. The minimum absolute atomic E-state index is 0.0809. The lowest BCUT2D eigenvalue weighted by Gasteiger charge is -2.50. The summed E-state index contributed by atoms with van der Waals surface area (Å²) in [5.74, 6) is -6.44. The molecule has 3 aliphatic carbocycles. The Morgan fingerprint density at radius 2 is 1.87 bits per heavy atom. The van der Waals surface area contributed by atoms with Crippen molar-refractivity contribution < 1.29 is 34.8 Å². The molecule has 1 aromatic carbocycles. The lowest BCUT2D eigenvalue weighted by atomic mass is 9.57. The quantitative estimate of drug-likeness (QED) is 0.269. The molecule has 0 unspecified atom stereocenters. The van der Waals surface area contributed by atoms with Gasteiger partial charge in [0.1, 0.15) is 22.8 Å². The molecule has 0 spiro atoms. The number of Topliss-reactive ketones (excluding diaryl/α,β-unsaturated/α-hetero) is 2. The number of nitrogens with zero attached hydrogens (tertiary/aromatic N) is 1. The summed E-state index contributed by atoms with van der Waals surface area (Å²) >= 11 is 2.07. The Morgan fingerprint density at radius 3 is 2.45 bits per heavy atom. The number of aromatic hydroxyl groups is 1. The van der Waals surface area contributed by atoms with E-state index in [0.29, 0.717) is 12.0 Å². The molecule has 0 aromatic heterocycles. The Morgan fingerprint density at radius 1 is 1.23 bits per heavy atom. The Kier molecular flexibility index (Phi) is 4.94. The van der Waals surface area contributed by atoms with E-state index in [9.17, 15) is 34.8 Å². The molecule has 0 aliphatic heterocycles. The molecule has 31 heavy (non-hydrogen) atoms. The van der Waals surface area contributed by atoms with E-state index in [2.05, 4.69) is 22.6 Å². The number of phenolic OH excluding ortho intramolecular Hbond substituents is 1. The molecule has 4 rings (SSSR count). The van der Waals surface area contributed by atoms with Crippen LogP contribution >= 0.6 is 22.6 Å². The fraction of sp³-hybridized carbons (Fsp3) is 0.381. The normalized spacial score (nSPS) is 30.3. The van der Waals surface area contributed by atoms with Crippen molar-refractivity contribution in [3.8, 4) is 5.75 Å². The van der Waals surface area contributed by atoms with Gasteiger partial charge >= 0.3 is 0 Å². The minimum atomic E-state index is -2.61. The van der Waals surface area contributed by atoms with Gasteiger partial charge in [0.2, 0.25) is 5.78 Å². The van der Waals surface area contributed by atoms with E-state index in [0.717, 1.165) is 3.57 Å². The number of aliphatic hydroxyl groups is 3. The van der Waals surface area contributed by atoms with Gasteiger partial charge in [-0.05, 0) is 73.1 Å². The molecule has 0 heterocycles. The first-order valence-corrected chi connectivity index (χ1v) is 10.7. The smallest absolute Gasteiger partial charge is 0.255 e. The highest BCUT2D eigenvalue weighted by Crippen LogP contribution is 2.52. The van der Waals surface area contributed by atoms with Crippen LogP contribution in [0.1, 0.15) is 17.5 Å². The molecule has 1 aromatic rings. The van der Waals surface area contributed by atoms with Crippen molar-refractivity contribution in [2.75, 3.05) is 14.1 Å². The Labute approximate surface area is 191 Å². The SMILES string of the molecule is CN(C)[C@H]1C(=O)C(C(N)=O)=C(O)[C@]2(O)C(=O)C3=C(O)c4c(O)ccc(I)c4C[C@@H]3C[C@H]12. The first-order valence-electron chi connectivity index (χ1n) is 9.58. The number of fused-ring (bicyclic) bond motifs is 3. The van der Waals surface area contributed by atoms with Crippen molar-refractivity contribution in [3.05, 3.63) is 43.7 Å². The zero-order chi connectivity index (χ0) is 23.0. The Bertz CT molecular complexity index is 1120. The highest BCUT2D eigenvalue weighted by Gasteiger charge is 2.64. The second-order valence-electron chi connectivity index (χ2n) is 8.38. The standard InChI is InChI=1S/C21H21IN2O7/c1-24(2)15-9-6-7-5-8-10(22)3-4-11(25)13(8)16(26)12(7)18(28)21(9,31)19(29)14(17(15)27)20(23)30/h3-4,7,9,15,25-26,29,31H,5-6H2,1-2H3,(H2,23,30)/t7-,9-,15-,21-/m1/s1. The summed E-state index contributed by atoms with van der Waals surface area (Å²) in [6.45, 7) is 0. The molecule has 3 aliphatic rings. The van der Waals surface area contributed by atoms with Gasteiger partial charge in [0, 0.05) is 15.1 Å². The predicted octanol–water partition coefficient (Wildman–Crippen LogP) is 0.569. The van der Waals surface area contributed by atoms with Crippen molar-refractivity contribution in [2.24, 2.45) is 17.6 Å². The topological polar surface area (TPSA) is 161 Å². The number of carbonyl (C=O) groups excluding carboxylic acids is 3. The van der Waals surface area contributed by atoms with Crippen LogP contribution in [0.3, 0.4) is 0 Å². The van der Waals surface area contributed by atoms with E-state index in [1.165, 1.54) is 11.0 Å². The maximum Gasteiger partial charge on any atom is 0.255 e. The molecule has 1 amide bonds. The molecule has 4 atom stereocenters. The number of rotatable bonds is 2. The fourth-order valence-corrected chi connectivity index (χ4v) is 5.88. The van der Waals surface area contributed by atoms with E-state index in [4.69, 9.17) is 5.73 Å². The average Bonchev–Trinajstić information content (AvgIpc) is 2.67. The number of primary amides is 1. The maximum absolute atomic E-state index is 13.6. The van der Waals surface area contributed by atoms with Gasteiger partial charge in [0.15, 0.2) is 11.4 Å². The molecule has 164 valence electrons. The minimum Gasteiger partial charge on any atom is -0.508 e. The number of nitrogens with two attached hydrogens (primary N) is 1. The van der Waals surface area contributed by atoms with Crippen molar-refractivity contribution in [2.45, 2.75) is 24.5 Å². The molecule has 1 saturated carbocycles. The van der Waals surface area contributed by atoms with Gasteiger partial charge in [-0.15, -0.1) is 0 Å². The highest BCUT2D eigenvalue weighted by atomic mass is 127. The number of hydrogen-bond donors (Lipinski definition) is 5. The van der Waals surface area contributed by atoms with Crippen molar-refractivity contribution in [1.29, 1.82) is 0 Å². The number of halogens is 1. The van der Waals surface area contributed by atoms with E-state index in [1.807, 2.05) is 0 Å².